The number of rotatable bonds is 5. The first-order valence-electron chi connectivity index (χ1n) is 7.56. The van der Waals surface area contributed by atoms with Crippen molar-refractivity contribution in [3.8, 4) is 0 Å². The summed E-state index contributed by atoms with van der Waals surface area (Å²) in [6.07, 6.45) is 0. The smallest absolute Gasteiger partial charge is 0.207 e. The summed E-state index contributed by atoms with van der Waals surface area (Å²) in [5, 5.41) is 2.06. The lowest BCUT2D eigenvalue weighted by Crippen LogP contribution is -2.04. The minimum atomic E-state index is -3.69. The van der Waals surface area contributed by atoms with Crippen molar-refractivity contribution in [2.24, 2.45) is 0 Å². The highest BCUT2D eigenvalue weighted by Crippen LogP contribution is 2.35. The average Bonchev–Trinajstić information content (AvgIpc) is 2.65. The Morgan fingerprint density at radius 1 is 0.800 bits per heavy atom. The van der Waals surface area contributed by atoms with Gasteiger partial charge in [0, 0.05) is 15.5 Å². The Bertz CT molecular complexity index is 982. The largest absolute Gasteiger partial charge is 0.218 e. The van der Waals surface area contributed by atoms with Gasteiger partial charge in [-0.25, -0.2) is 8.42 Å². The second-order valence-electron chi connectivity index (χ2n) is 5.21. The number of benzene rings is 3. The zero-order valence-electron chi connectivity index (χ0n) is 13.2. The number of hydrogen-bond donors (Lipinski definition) is 0. The Morgan fingerprint density at radius 3 is 2.00 bits per heavy atom. The van der Waals surface area contributed by atoms with E-state index in [1.54, 1.807) is 60.0 Å². The fourth-order valence-corrected chi connectivity index (χ4v) is 5.15. The molecule has 5 heteroatoms. The van der Waals surface area contributed by atoms with E-state index in [0.717, 1.165) is 4.90 Å². The van der Waals surface area contributed by atoms with Gasteiger partial charge >= 0.3 is 0 Å². The second-order valence-corrected chi connectivity index (χ2v) is 8.48. The van der Waals surface area contributed by atoms with Crippen molar-refractivity contribution in [2.75, 3.05) is 0 Å². The molecule has 0 bridgehead atoms. The van der Waals surface area contributed by atoms with E-state index < -0.39 is 9.84 Å². The summed E-state index contributed by atoms with van der Waals surface area (Å²) >= 11 is 7.63. The van der Waals surface area contributed by atoms with E-state index in [2.05, 4.69) is 0 Å². The molecule has 0 unspecified atom stereocenters. The molecule has 3 aromatic rings. The van der Waals surface area contributed by atoms with Crippen molar-refractivity contribution in [1.29, 1.82) is 0 Å². The Hall–Kier alpha value is -2.01. The van der Waals surface area contributed by atoms with Gasteiger partial charge in [-0.2, -0.15) is 0 Å². The zero-order chi connectivity index (χ0) is 17.7. The summed E-state index contributed by atoms with van der Waals surface area (Å²) in [4.78, 5) is 1.39. The molecule has 0 aromatic heterocycles. The first kappa shape index (κ1) is 17.8. The van der Waals surface area contributed by atoms with Crippen LogP contribution in [0.25, 0.3) is 4.91 Å². The summed E-state index contributed by atoms with van der Waals surface area (Å²) < 4.78 is 26.3. The average molecular weight is 387 g/mol. The molecular formula is C20H15ClO2S2. The van der Waals surface area contributed by atoms with Gasteiger partial charge in [-0.3, -0.25) is 0 Å². The van der Waals surface area contributed by atoms with E-state index in [-0.39, 0.29) is 9.80 Å². The summed E-state index contributed by atoms with van der Waals surface area (Å²) in [5.74, 6) is 0. The van der Waals surface area contributed by atoms with Crippen LogP contribution in [0.4, 0.5) is 0 Å². The minimum absolute atomic E-state index is 0.193. The van der Waals surface area contributed by atoms with Crippen molar-refractivity contribution < 1.29 is 8.42 Å². The number of thioether (sulfide) groups is 1. The van der Waals surface area contributed by atoms with E-state index in [1.807, 2.05) is 30.3 Å². The second kappa shape index (κ2) is 7.91. The topological polar surface area (TPSA) is 34.1 Å². The molecule has 3 rings (SSSR count). The van der Waals surface area contributed by atoms with E-state index in [4.69, 9.17) is 11.6 Å². The van der Waals surface area contributed by atoms with Crippen LogP contribution in [0.15, 0.2) is 100 Å². The molecule has 0 aliphatic rings. The van der Waals surface area contributed by atoms with Gasteiger partial charge in [-0.1, -0.05) is 78.0 Å². The zero-order valence-corrected chi connectivity index (χ0v) is 15.6. The Labute approximate surface area is 157 Å². The monoisotopic (exact) mass is 386 g/mol. The molecule has 0 N–H and O–H groups in total. The van der Waals surface area contributed by atoms with Gasteiger partial charge in [0.15, 0.2) is 0 Å². The van der Waals surface area contributed by atoms with Gasteiger partial charge in [0.05, 0.1) is 9.80 Å². The lowest BCUT2D eigenvalue weighted by molar-refractivity contribution is 0.606. The van der Waals surface area contributed by atoms with E-state index >= 15 is 0 Å². The van der Waals surface area contributed by atoms with Crippen LogP contribution in [-0.4, -0.2) is 8.42 Å². The Morgan fingerprint density at radius 2 is 1.36 bits per heavy atom. The third-order valence-electron chi connectivity index (χ3n) is 3.53. The molecule has 0 fully saturated rings. The van der Waals surface area contributed by atoms with Crippen LogP contribution in [-0.2, 0) is 9.84 Å². The van der Waals surface area contributed by atoms with Crippen LogP contribution in [0.1, 0.15) is 5.56 Å². The maximum Gasteiger partial charge on any atom is 0.207 e. The standard InChI is InChI=1S/C20H15ClO2S2/c21-19-14-8-7-13-18(19)20(15-24-16-9-3-1-4-10-16)25(22,23)17-11-5-2-6-12-17/h1-15H/b20-15+. The molecule has 0 heterocycles. The molecular weight excluding hydrogens is 372 g/mol. The van der Waals surface area contributed by atoms with Crippen molar-refractivity contribution in [2.45, 2.75) is 9.79 Å². The fourth-order valence-electron chi connectivity index (χ4n) is 2.28. The first-order chi connectivity index (χ1) is 12.1. The van der Waals surface area contributed by atoms with Crippen molar-refractivity contribution in [1.82, 2.24) is 0 Å². The highest BCUT2D eigenvalue weighted by Gasteiger charge is 2.23. The van der Waals surface area contributed by atoms with E-state index in [0.29, 0.717) is 10.6 Å². The number of halogens is 1. The predicted octanol–water partition coefficient (Wildman–Crippen LogP) is 5.90. The van der Waals surface area contributed by atoms with Gasteiger partial charge in [0.2, 0.25) is 9.84 Å². The highest BCUT2D eigenvalue weighted by atomic mass is 35.5. The van der Waals surface area contributed by atoms with Crippen molar-refractivity contribution in [3.05, 3.63) is 101 Å². The molecule has 2 nitrogen and oxygen atoms in total. The van der Waals surface area contributed by atoms with Crippen LogP contribution in [0, 0.1) is 0 Å². The van der Waals surface area contributed by atoms with Crippen molar-refractivity contribution in [3.63, 3.8) is 0 Å². The molecule has 0 radical (unpaired) electrons. The van der Waals surface area contributed by atoms with Crippen LogP contribution < -0.4 is 0 Å². The Balaban J connectivity index is 2.11. The Kier molecular flexibility index (Phi) is 5.63. The van der Waals surface area contributed by atoms with Gasteiger partial charge in [-0.15, -0.1) is 0 Å². The molecule has 3 aromatic carbocycles. The summed E-state index contributed by atoms with van der Waals surface area (Å²) in [6.45, 7) is 0. The third-order valence-corrected chi connectivity index (χ3v) is 6.71. The lowest BCUT2D eigenvalue weighted by Gasteiger charge is -2.11. The molecule has 0 amide bonds. The third kappa shape index (κ3) is 4.15. The maximum atomic E-state index is 13.2. The normalized spacial score (nSPS) is 12.1. The SMILES string of the molecule is O=S(=O)(/C(=C/Sc1ccccc1)c1ccccc1Cl)c1ccccc1. The lowest BCUT2D eigenvalue weighted by atomic mass is 10.2. The van der Waals surface area contributed by atoms with Gasteiger partial charge in [0.25, 0.3) is 0 Å². The predicted molar refractivity (Wildman–Crippen MR) is 105 cm³/mol. The van der Waals surface area contributed by atoms with E-state index in [1.165, 1.54) is 11.8 Å². The molecule has 0 saturated carbocycles. The minimum Gasteiger partial charge on any atom is -0.218 e. The highest BCUT2D eigenvalue weighted by molar-refractivity contribution is 8.05. The van der Waals surface area contributed by atoms with Crippen LogP contribution in [0.3, 0.4) is 0 Å². The molecule has 0 atom stereocenters. The summed E-state index contributed by atoms with van der Waals surface area (Å²) in [6, 6.07) is 25.0. The molecule has 0 aliphatic carbocycles. The van der Waals surface area contributed by atoms with Crippen LogP contribution in [0.5, 0.6) is 0 Å². The maximum absolute atomic E-state index is 13.2. The number of sulfone groups is 1. The molecule has 0 saturated heterocycles. The van der Waals surface area contributed by atoms with Gasteiger partial charge in [0.1, 0.15) is 0 Å². The quantitative estimate of drug-likeness (QED) is 0.511. The van der Waals surface area contributed by atoms with Crippen LogP contribution >= 0.6 is 23.4 Å². The molecule has 25 heavy (non-hydrogen) atoms. The molecule has 0 spiro atoms. The number of hydrogen-bond acceptors (Lipinski definition) is 3. The summed E-state index contributed by atoms with van der Waals surface area (Å²) in [5.41, 5.74) is 0.497. The van der Waals surface area contributed by atoms with Gasteiger partial charge in [-0.05, 0) is 35.7 Å². The summed E-state index contributed by atoms with van der Waals surface area (Å²) in [7, 11) is -3.69. The molecule has 126 valence electrons. The van der Waals surface area contributed by atoms with Gasteiger partial charge < -0.3 is 0 Å². The fraction of sp³-hybridized carbons (Fsp3) is 0. The van der Waals surface area contributed by atoms with Crippen molar-refractivity contribution >= 4 is 38.1 Å². The molecule has 0 aliphatic heterocycles. The first-order valence-corrected chi connectivity index (χ1v) is 10.3. The van der Waals surface area contributed by atoms with Crippen LogP contribution in [0.2, 0.25) is 5.02 Å². The van der Waals surface area contributed by atoms with E-state index in [9.17, 15) is 8.42 Å².